The van der Waals surface area contributed by atoms with Gasteiger partial charge in [-0.2, -0.15) is 0 Å². The Morgan fingerprint density at radius 1 is 1.06 bits per heavy atom. The van der Waals surface area contributed by atoms with Crippen molar-refractivity contribution in [2.75, 3.05) is 23.7 Å². The third-order valence-corrected chi connectivity index (χ3v) is 7.17. The van der Waals surface area contributed by atoms with E-state index in [2.05, 4.69) is 5.32 Å². The Kier molecular flexibility index (Phi) is 10.2. The van der Waals surface area contributed by atoms with Crippen LogP contribution in [0.15, 0.2) is 48.5 Å². The average Bonchev–Trinajstić information content (AvgIpc) is 2.77. The molecular weight excluding hydrogens is 497 g/mol. The van der Waals surface area contributed by atoms with Crippen molar-refractivity contribution >= 4 is 50.7 Å². The number of rotatable bonds is 11. The van der Waals surface area contributed by atoms with Crippen molar-refractivity contribution < 1.29 is 18.0 Å². The van der Waals surface area contributed by atoms with E-state index in [-0.39, 0.29) is 29.2 Å². The van der Waals surface area contributed by atoms with E-state index < -0.39 is 28.5 Å². The van der Waals surface area contributed by atoms with Gasteiger partial charge in [0, 0.05) is 17.6 Å². The molecule has 0 aliphatic carbocycles. The van der Waals surface area contributed by atoms with Crippen LogP contribution < -0.4 is 9.62 Å². The first-order valence-electron chi connectivity index (χ1n) is 11.0. The highest BCUT2D eigenvalue weighted by molar-refractivity contribution is 7.92. The zero-order chi connectivity index (χ0) is 25.5. The quantitative estimate of drug-likeness (QED) is 0.475. The Labute approximate surface area is 212 Å². The van der Waals surface area contributed by atoms with E-state index in [1.165, 1.54) is 23.1 Å². The molecule has 2 aromatic rings. The second-order valence-electron chi connectivity index (χ2n) is 8.18. The number of sulfonamides is 1. The lowest BCUT2D eigenvalue weighted by Crippen LogP contribution is -2.53. The fourth-order valence-electron chi connectivity index (χ4n) is 3.31. The van der Waals surface area contributed by atoms with E-state index in [1.54, 1.807) is 6.92 Å². The van der Waals surface area contributed by atoms with Crippen LogP contribution in [-0.4, -0.2) is 56.6 Å². The number of benzene rings is 2. The topological polar surface area (TPSA) is 86.8 Å². The first kappa shape index (κ1) is 28.0. The van der Waals surface area contributed by atoms with Crippen LogP contribution >= 0.6 is 23.2 Å². The highest BCUT2D eigenvalue weighted by atomic mass is 35.5. The van der Waals surface area contributed by atoms with Gasteiger partial charge < -0.3 is 10.2 Å². The summed E-state index contributed by atoms with van der Waals surface area (Å²) in [6.45, 7) is 5.21. The predicted molar refractivity (Wildman–Crippen MR) is 138 cm³/mol. The number of anilines is 1. The van der Waals surface area contributed by atoms with E-state index in [0.29, 0.717) is 11.4 Å². The molecule has 0 spiro atoms. The molecule has 2 amide bonds. The molecule has 186 valence electrons. The van der Waals surface area contributed by atoms with Crippen molar-refractivity contribution in [2.24, 2.45) is 0 Å². The highest BCUT2D eigenvalue weighted by Crippen LogP contribution is 2.30. The number of carbonyl (C=O) groups excluding carboxylic acids is 2. The van der Waals surface area contributed by atoms with Crippen LogP contribution in [0.5, 0.6) is 0 Å². The summed E-state index contributed by atoms with van der Waals surface area (Å²) in [5.41, 5.74) is 1.14. The summed E-state index contributed by atoms with van der Waals surface area (Å²) in [5.74, 6) is -0.814. The summed E-state index contributed by atoms with van der Waals surface area (Å²) in [6.07, 6.45) is 2.25. The molecule has 10 heteroatoms. The van der Waals surface area contributed by atoms with Gasteiger partial charge in [-0.3, -0.25) is 13.9 Å². The summed E-state index contributed by atoms with van der Waals surface area (Å²) >= 11 is 12.2. The number of amides is 2. The number of nitrogens with one attached hydrogen (secondary N) is 1. The Morgan fingerprint density at radius 2 is 1.71 bits per heavy atom. The van der Waals surface area contributed by atoms with Gasteiger partial charge in [0.2, 0.25) is 21.8 Å². The molecular formula is C24H31Cl2N3O4S. The van der Waals surface area contributed by atoms with Gasteiger partial charge in [0.05, 0.1) is 17.0 Å². The van der Waals surface area contributed by atoms with Gasteiger partial charge in [-0.05, 0) is 50.5 Å². The van der Waals surface area contributed by atoms with Crippen LogP contribution in [0.3, 0.4) is 0 Å². The van der Waals surface area contributed by atoms with Gasteiger partial charge in [0.15, 0.2) is 0 Å². The summed E-state index contributed by atoms with van der Waals surface area (Å²) in [4.78, 5) is 27.7. The minimum absolute atomic E-state index is 0.0542. The van der Waals surface area contributed by atoms with Gasteiger partial charge in [0.1, 0.15) is 12.6 Å². The Bertz CT molecular complexity index is 1100. The number of hydrogen-bond acceptors (Lipinski definition) is 4. The third kappa shape index (κ3) is 7.89. The van der Waals surface area contributed by atoms with Crippen molar-refractivity contribution in [1.82, 2.24) is 10.2 Å². The molecule has 1 N–H and O–H groups in total. The number of hydrogen-bond donors (Lipinski definition) is 1. The SMILES string of the molecule is CC[C@H](C)NC(=O)[C@@H](C)N(CCc1ccccc1)C(=O)CN(c1ccc(Cl)cc1Cl)S(C)(=O)=O. The van der Waals surface area contributed by atoms with E-state index in [9.17, 15) is 18.0 Å². The molecule has 0 saturated heterocycles. The van der Waals surface area contributed by atoms with Crippen molar-refractivity contribution in [2.45, 2.75) is 45.7 Å². The van der Waals surface area contributed by atoms with Gasteiger partial charge in [0.25, 0.3) is 0 Å². The van der Waals surface area contributed by atoms with Crippen LogP contribution in [0.25, 0.3) is 0 Å². The molecule has 0 aliphatic heterocycles. The number of nitrogens with zero attached hydrogens (tertiary/aromatic N) is 2. The van der Waals surface area contributed by atoms with Crippen LogP contribution in [0.4, 0.5) is 5.69 Å². The average molecular weight is 529 g/mol. The molecule has 2 atom stereocenters. The Morgan fingerprint density at radius 3 is 2.26 bits per heavy atom. The molecule has 0 fully saturated rings. The molecule has 7 nitrogen and oxygen atoms in total. The fraction of sp³-hybridized carbons (Fsp3) is 0.417. The van der Waals surface area contributed by atoms with Crippen LogP contribution in [-0.2, 0) is 26.0 Å². The second-order valence-corrected chi connectivity index (χ2v) is 10.9. The molecule has 0 radical (unpaired) electrons. The van der Waals surface area contributed by atoms with Crippen LogP contribution in [0, 0.1) is 0 Å². The van der Waals surface area contributed by atoms with Crippen molar-refractivity contribution in [3.05, 3.63) is 64.1 Å². The first-order valence-corrected chi connectivity index (χ1v) is 13.6. The molecule has 34 heavy (non-hydrogen) atoms. The molecule has 0 aliphatic rings. The predicted octanol–water partition coefficient (Wildman–Crippen LogP) is 4.13. The Hall–Kier alpha value is -2.29. The second kappa shape index (κ2) is 12.4. The van der Waals surface area contributed by atoms with E-state index in [4.69, 9.17) is 23.2 Å². The minimum atomic E-state index is -3.86. The lowest BCUT2D eigenvalue weighted by molar-refractivity contribution is -0.139. The van der Waals surface area contributed by atoms with Gasteiger partial charge >= 0.3 is 0 Å². The standard InChI is InChI=1S/C24H31Cl2N3O4S/c1-5-17(2)27-24(31)18(3)28(14-13-19-9-7-6-8-10-19)23(30)16-29(34(4,32)33)22-12-11-20(25)15-21(22)26/h6-12,15,17-18H,5,13-14,16H2,1-4H3,(H,27,31)/t17-,18+/m0/s1. The van der Waals surface area contributed by atoms with E-state index >= 15 is 0 Å². The molecule has 0 unspecified atom stereocenters. The normalized spacial score (nSPS) is 13.1. The smallest absolute Gasteiger partial charge is 0.244 e. The maximum Gasteiger partial charge on any atom is 0.244 e. The number of carbonyl (C=O) groups is 2. The lowest BCUT2D eigenvalue weighted by atomic mass is 10.1. The van der Waals surface area contributed by atoms with E-state index in [0.717, 1.165) is 22.5 Å². The minimum Gasteiger partial charge on any atom is -0.352 e. The molecule has 0 saturated carbocycles. The van der Waals surface area contributed by atoms with Crippen LogP contribution in [0.1, 0.15) is 32.8 Å². The maximum absolute atomic E-state index is 13.4. The lowest BCUT2D eigenvalue weighted by Gasteiger charge is -2.32. The zero-order valence-electron chi connectivity index (χ0n) is 19.8. The third-order valence-electron chi connectivity index (χ3n) is 5.51. The highest BCUT2D eigenvalue weighted by Gasteiger charge is 2.30. The molecule has 0 aromatic heterocycles. The summed E-state index contributed by atoms with van der Waals surface area (Å²) < 4.78 is 26.1. The van der Waals surface area contributed by atoms with E-state index in [1.807, 2.05) is 44.2 Å². The van der Waals surface area contributed by atoms with Crippen molar-refractivity contribution in [1.29, 1.82) is 0 Å². The summed E-state index contributed by atoms with van der Waals surface area (Å²) in [6, 6.07) is 13.1. The van der Waals surface area contributed by atoms with Crippen molar-refractivity contribution in [3.8, 4) is 0 Å². The molecule has 0 heterocycles. The van der Waals surface area contributed by atoms with Gasteiger partial charge in [-0.1, -0.05) is 60.5 Å². The van der Waals surface area contributed by atoms with Gasteiger partial charge in [-0.15, -0.1) is 0 Å². The summed E-state index contributed by atoms with van der Waals surface area (Å²) in [5, 5.41) is 3.34. The van der Waals surface area contributed by atoms with Gasteiger partial charge in [-0.25, -0.2) is 8.42 Å². The molecule has 2 aromatic carbocycles. The van der Waals surface area contributed by atoms with Crippen molar-refractivity contribution in [3.63, 3.8) is 0 Å². The first-order chi connectivity index (χ1) is 15.9. The fourth-order valence-corrected chi connectivity index (χ4v) is 4.74. The maximum atomic E-state index is 13.4. The van der Waals surface area contributed by atoms with Crippen LogP contribution in [0.2, 0.25) is 10.0 Å². The Balaban J connectivity index is 2.34. The largest absolute Gasteiger partial charge is 0.352 e. The number of halogens is 2. The summed E-state index contributed by atoms with van der Waals surface area (Å²) in [7, 11) is -3.86. The monoisotopic (exact) mass is 527 g/mol. The molecule has 2 rings (SSSR count). The zero-order valence-corrected chi connectivity index (χ0v) is 22.1. The molecule has 0 bridgehead atoms.